The van der Waals surface area contributed by atoms with E-state index in [2.05, 4.69) is 17.5 Å². The van der Waals surface area contributed by atoms with Crippen LogP contribution in [0.25, 0.3) is 0 Å². The van der Waals surface area contributed by atoms with Gasteiger partial charge in [-0.05, 0) is 6.42 Å². The van der Waals surface area contributed by atoms with Crippen LogP contribution in [-0.4, -0.2) is 30.7 Å². The standard InChI is InChI=1S/C8H16N2O2S/c1-3-6(5-12-2)10-8(11)4-7(9)13/h6H,3-5H2,1-2H3,(H2,9,13)(H,10,11). The molecule has 0 saturated heterocycles. The SMILES string of the molecule is CCC(COC)NC(=O)CC(N)=S. The van der Waals surface area contributed by atoms with Gasteiger partial charge in [-0.25, -0.2) is 0 Å². The Morgan fingerprint density at radius 1 is 1.69 bits per heavy atom. The van der Waals surface area contributed by atoms with E-state index in [4.69, 9.17) is 10.5 Å². The minimum absolute atomic E-state index is 0.0480. The van der Waals surface area contributed by atoms with Gasteiger partial charge >= 0.3 is 0 Å². The number of nitrogens with one attached hydrogen (secondary N) is 1. The monoisotopic (exact) mass is 204 g/mol. The summed E-state index contributed by atoms with van der Waals surface area (Å²) in [4.78, 5) is 11.4. The molecular weight excluding hydrogens is 188 g/mol. The first-order valence-corrected chi connectivity index (χ1v) is 4.57. The Morgan fingerprint density at radius 2 is 2.31 bits per heavy atom. The van der Waals surface area contributed by atoms with Crippen LogP contribution in [0.2, 0.25) is 0 Å². The Kier molecular flexibility index (Phi) is 6.44. The van der Waals surface area contributed by atoms with Crippen LogP contribution in [0.3, 0.4) is 0 Å². The van der Waals surface area contributed by atoms with Gasteiger partial charge in [0.15, 0.2) is 0 Å². The minimum Gasteiger partial charge on any atom is -0.393 e. The lowest BCUT2D eigenvalue weighted by Crippen LogP contribution is -2.38. The molecule has 0 bridgehead atoms. The molecule has 0 aliphatic rings. The Balaban J connectivity index is 3.79. The number of rotatable bonds is 6. The van der Waals surface area contributed by atoms with Crippen molar-refractivity contribution in [3.8, 4) is 0 Å². The van der Waals surface area contributed by atoms with E-state index in [0.717, 1.165) is 6.42 Å². The largest absolute Gasteiger partial charge is 0.393 e. The minimum atomic E-state index is -0.142. The topological polar surface area (TPSA) is 64.3 Å². The summed E-state index contributed by atoms with van der Waals surface area (Å²) < 4.78 is 4.92. The molecule has 0 radical (unpaired) electrons. The molecule has 1 atom stereocenters. The average Bonchev–Trinajstić information content (AvgIpc) is 2.02. The van der Waals surface area contributed by atoms with Crippen LogP contribution < -0.4 is 11.1 Å². The Hall–Kier alpha value is -0.680. The maximum atomic E-state index is 11.2. The van der Waals surface area contributed by atoms with E-state index in [0.29, 0.717) is 6.61 Å². The van der Waals surface area contributed by atoms with E-state index in [1.807, 2.05) is 6.92 Å². The molecular formula is C8H16N2O2S. The van der Waals surface area contributed by atoms with E-state index in [1.165, 1.54) is 0 Å². The zero-order valence-electron chi connectivity index (χ0n) is 8.00. The number of ether oxygens (including phenoxy) is 1. The summed E-state index contributed by atoms with van der Waals surface area (Å²) in [6, 6.07) is 0.0480. The fourth-order valence-corrected chi connectivity index (χ4v) is 1.03. The molecule has 0 aromatic carbocycles. The quantitative estimate of drug-likeness (QED) is 0.607. The molecule has 0 rings (SSSR count). The highest BCUT2D eigenvalue weighted by atomic mass is 32.1. The molecule has 0 aromatic heterocycles. The van der Waals surface area contributed by atoms with Crippen molar-refractivity contribution in [1.82, 2.24) is 5.32 Å². The summed E-state index contributed by atoms with van der Waals surface area (Å²) in [6.45, 7) is 2.49. The van der Waals surface area contributed by atoms with Crippen molar-refractivity contribution in [3.05, 3.63) is 0 Å². The zero-order valence-corrected chi connectivity index (χ0v) is 8.82. The second kappa shape index (κ2) is 6.80. The van der Waals surface area contributed by atoms with Gasteiger partial charge in [0.25, 0.3) is 0 Å². The first-order valence-electron chi connectivity index (χ1n) is 4.16. The number of hydrogen-bond acceptors (Lipinski definition) is 3. The summed E-state index contributed by atoms with van der Waals surface area (Å²) in [5, 5.41) is 2.77. The first-order chi connectivity index (χ1) is 6.10. The molecule has 4 nitrogen and oxygen atoms in total. The lowest BCUT2D eigenvalue weighted by Gasteiger charge is -2.15. The summed E-state index contributed by atoms with van der Waals surface area (Å²) in [7, 11) is 1.60. The second-order valence-electron chi connectivity index (χ2n) is 2.77. The lowest BCUT2D eigenvalue weighted by atomic mass is 10.2. The van der Waals surface area contributed by atoms with Crippen LogP contribution >= 0.6 is 12.2 Å². The van der Waals surface area contributed by atoms with Crippen LogP contribution in [0.15, 0.2) is 0 Å². The smallest absolute Gasteiger partial charge is 0.227 e. The molecule has 5 heteroatoms. The molecule has 0 spiro atoms. The van der Waals surface area contributed by atoms with Crippen molar-refractivity contribution < 1.29 is 9.53 Å². The fourth-order valence-electron chi connectivity index (χ4n) is 0.900. The van der Waals surface area contributed by atoms with Crippen LogP contribution in [0.1, 0.15) is 19.8 Å². The third-order valence-corrected chi connectivity index (χ3v) is 1.70. The zero-order chi connectivity index (χ0) is 10.3. The van der Waals surface area contributed by atoms with Gasteiger partial charge in [-0.2, -0.15) is 0 Å². The van der Waals surface area contributed by atoms with Gasteiger partial charge in [-0.3, -0.25) is 4.79 Å². The summed E-state index contributed by atoms with van der Waals surface area (Å²) >= 11 is 4.61. The fraction of sp³-hybridized carbons (Fsp3) is 0.750. The number of carbonyl (C=O) groups is 1. The maximum absolute atomic E-state index is 11.2. The Bertz CT molecular complexity index is 185. The highest BCUT2D eigenvalue weighted by Crippen LogP contribution is 1.92. The van der Waals surface area contributed by atoms with Crippen molar-refractivity contribution in [2.24, 2.45) is 5.73 Å². The molecule has 3 N–H and O–H groups in total. The third kappa shape index (κ3) is 6.48. The highest BCUT2D eigenvalue weighted by molar-refractivity contribution is 7.80. The maximum Gasteiger partial charge on any atom is 0.227 e. The molecule has 76 valence electrons. The predicted molar refractivity (Wildman–Crippen MR) is 55.5 cm³/mol. The first kappa shape index (κ1) is 12.3. The molecule has 13 heavy (non-hydrogen) atoms. The molecule has 0 heterocycles. The summed E-state index contributed by atoms with van der Waals surface area (Å²) in [6.07, 6.45) is 0.937. The van der Waals surface area contributed by atoms with Gasteiger partial charge in [0.05, 0.1) is 24.1 Å². The van der Waals surface area contributed by atoms with Crippen molar-refractivity contribution in [2.75, 3.05) is 13.7 Å². The van der Waals surface area contributed by atoms with Gasteiger partial charge in [0.1, 0.15) is 0 Å². The van der Waals surface area contributed by atoms with E-state index in [-0.39, 0.29) is 23.4 Å². The molecule has 0 fully saturated rings. The van der Waals surface area contributed by atoms with Crippen molar-refractivity contribution in [1.29, 1.82) is 0 Å². The van der Waals surface area contributed by atoms with E-state index in [9.17, 15) is 4.79 Å². The summed E-state index contributed by atoms with van der Waals surface area (Å²) in [5.74, 6) is -0.142. The summed E-state index contributed by atoms with van der Waals surface area (Å²) in [5.41, 5.74) is 5.22. The van der Waals surface area contributed by atoms with E-state index in [1.54, 1.807) is 7.11 Å². The van der Waals surface area contributed by atoms with E-state index >= 15 is 0 Å². The number of nitrogens with two attached hydrogens (primary N) is 1. The molecule has 1 unspecified atom stereocenters. The Morgan fingerprint density at radius 3 is 2.69 bits per heavy atom. The van der Waals surface area contributed by atoms with Crippen LogP contribution in [-0.2, 0) is 9.53 Å². The molecule has 0 aromatic rings. The van der Waals surface area contributed by atoms with Gasteiger partial charge < -0.3 is 15.8 Å². The predicted octanol–water partition coefficient (Wildman–Crippen LogP) is 0.204. The normalized spacial score (nSPS) is 12.2. The van der Waals surface area contributed by atoms with Crippen molar-refractivity contribution in [3.63, 3.8) is 0 Å². The lowest BCUT2D eigenvalue weighted by molar-refractivity contribution is -0.121. The Labute approximate surface area is 83.8 Å². The van der Waals surface area contributed by atoms with Gasteiger partial charge in [-0.15, -0.1) is 0 Å². The van der Waals surface area contributed by atoms with Gasteiger partial charge in [0.2, 0.25) is 5.91 Å². The highest BCUT2D eigenvalue weighted by Gasteiger charge is 2.10. The number of amides is 1. The van der Waals surface area contributed by atoms with Crippen molar-refractivity contribution >= 4 is 23.1 Å². The van der Waals surface area contributed by atoms with Gasteiger partial charge in [0, 0.05) is 7.11 Å². The van der Waals surface area contributed by atoms with Crippen LogP contribution in [0.5, 0.6) is 0 Å². The van der Waals surface area contributed by atoms with Crippen LogP contribution in [0.4, 0.5) is 0 Å². The van der Waals surface area contributed by atoms with Gasteiger partial charge in [-0.1, -0.05) is 19.1 Å². The van der Waals surface area contributed by atoms with E-state index < -0.39 is 0 Å². The third-order valence-electron chi connectivity index (χ3n) is 1.56. The molecule has 0 aliphatic heterocycles. The number of thiocarbonyl (C=S) groups is 1. The average molecular weight is 204 g/mol. The molecule has 0 aliphatic carbocycles. The molecule has 1 amide bonds. The van der Waals surface area contributed by atoms with Crippen molar-refractivity contribution in [2.45, 2.75) is 25.8 Å². The molecule has 0 saturated carbocycles. The second-order valence-corrected chi connectivity index (χ2v) is 3.30. The number of carbonyl (C=O) groups excluding carboxylic acids is 1. The number of hydrogen-bond donors (Lipinski definition) is 2. The van der Waals surface area contributed by atoms with Crippen LogP contribution in [0, 0.1) is 0 Å². The number of methoxy groups -OCH3 is 1.